The van der Waals surface area contributed by atoms with Crippen molar-refractivity contribution >= 4 is 23.4 Å². The third-order valence-corrected chi connectivity index (χ3v) is 4.55. The van der Waals surface area contributed by atoms with Gasteiger partial charge in [0.25, 0.3) is 5.91 Å². The zero-order valence-corrected chi connectivity index (χ0v) is 17.4. The molecule has 0 aliphatic carbocycles. The Labute approximate surface area is 174 Å². The summed E-state index contributed by atoms with van der Waals surface area (Å²) in [7, 11) is 0. The number of rotatable bonds is 7. The first-order chi connectivity index (χ1) is 13.5. The van der Waals surface area contributed by atoms with Crippen molar-refractivity contribution in [3.63, 3.8) is 0 Å². The summed E-state index contributed by atoms with van der Waals surface area (Å²) in [6.07, 6.45) is 0.730. The van der Waals surface area contributed by atoms with Gasteiger partial charge in [-0.3, -0.25) is 9.59 Å². The molecule has 2 aromatic rings. The molecular weight excluding hydrogens is 398 g/mol. The van der Waals surface area contributed by atoms with E-state index in [2.05, 4.69) is 31.4 Å². The van der Waals surface area contributed by atoms with Crippen molar-refractivity contribution in [2.24, 2.45) is 5.41 Å². The second-order valence-electron chi connectivity index (χ2n) is 8.07. The first-order valence-electron chi connectivity index (χ1n) is 9.33. The zero-order valence-electron chi connectivity index (χ0n) is 16.7. The SMILES string of the molecule is CC(C)(C)CC(NC(=O)CCNC(=O)c1ccc(F)cc1Cl)c1ccc(F)cc1. The van der Waals surface area contributed by atoms with E-state index >= 15 is 0 Å². The van der Waals surface area contributed by atoms with E-state index in [4.69, 9.17) is 11.6 Å². The van der Waals surface area contributed by atoms with Gasteiger partial charge in [-0.15, -0.1) is 0 Å². The Balaban J connectivity index is 1.93. The minimum atomic E-state index is -0.531. The number of halogens is 3. The van der Waals surface area contributed by atoms with E-state index in [9.17, 15) is 18.4 Å². The van der Waals surface area contributed by atoms with Crippen molar-refractivity contribution < 1.29 is 18.4 Å². The van der Waals surface area contributed by atoms with Crippen molar-refractivity contribution in [1.29, 1.82) is 0 Å². The van der Waals surface area contributed by atoms with Gasteiger partial charge >= 0.3 is 0 Å². The van der Waals surface area contributed by atoms with Crippen molar-refractivity contribution in [3.05, 3.63) is 70.2 Å². The molecule has 29 heavy (non-hydrogen) atoms. The first-order valence-corrected chi connectivity index (χ1v) is 9.71. The predicted molar refractivity (Wildman–Crippen MR) is 110 cm³/mol. The number of carbonyl (C=O) groups is 2. The van der Waals surface area contributed by atoms with Gasteiger partial charge in [0.1, 0.15) is 11.6 Å². The minimum Gasteiger partial charge on any atom is -0.351 e. The third-order valence-electron chi connectivity index (χ3n) is 4.24. The Morgan fingerprint density at radius 1 is 1.03 bits per heavy atom. The lowest BCUT2D eigenvalue weighted by Gasteiger charge is -2.27. The van der Waals surface area contributed by atoms with E-state index < -0.39 is 11.7 Å². The summed E-state index contributed by atoms with van der Waals surface area (Å²) < 4.78 is 26.3. The van der Waals surface area contributed by atoms with Crippen LogP contribution in [-0.2, 0) is 4.79 Å². The summed E-state index contributed by atoms with van der Waals surface area (Å²) in [6, 6.07) is 9.27. The monoisotopic (exact) mass is 422 g/mol. The second-order valence-corrected chi connectivity index (χ2v) is 8.47. The van der Waals surface area contributed by atoms with Gasteiger partial charge in [0, 0.05) is 13.0 Å². The van der Waals surface area contributed by atoms with E-state index in [0.717, 1.165) is 17.7 Å². The van der Waals surface area contributed by atoms with Crippen LogP contribution in [0.4, 0.5) is 8.78 Å². The van der Waals surface area contributed by atoms with Crippen LogP contribution in [0.25, 0.3) is 0 Å². The van der Waals surface area contributed by atoms with Crippen LogP contribution in [0.3, 0.4) is 0 Å². The lowest BCUT2D eigenvalue weighted by Crippen LogP contribution is -2.34. The van der Waals surface area contributed by atoms with E-state index in [-0.39, 0.29) is 46.7 Å². The lowest BCUT2D eigenvalue weighted by molar-refractivity contribution is -0.121. The fraction of sp³-hybridized carbons (Fsp3) is 0.364. The number of benzene rings is 2. The second kappa shape index (κ2) is 9.83. The molecule has 2 rings (SSSR count). The van der Waals surface area contributed by atoms with Crippen molar-refractivity contribution in [1.82, 2.24) is 10.6 Å². The molecule has 2 aromatic carbocycles. The summed E-state index contributed by atoms with van der Waals surface area (Å²) >= 11 is 5.87. The van der Waals surface area contributed by atoms with E-state index in [0.29, 0.717) is 6.42 Å². The molecule has 156 valence electrons. The summed E-state index contributed by atoms with van der Waals surface area (Å²) in [5.74, 6) is -1.59. The molecule has 4 nitrogen and oxygen atoms in total. The summed E-state index contributed by atoms with van der Waals surface area (Å²) in [6.45, 7) is 6.27. The van der Waals surface area contributed by atoms with Crippen LogP contribution < -0.4 is 10.6 Å². The Morgan fingerprint density at radius 3 is 2.24 bits per heavy atom. The molecule has 0 aliphatic heterocycles. The first kappa shape index (κ1) is 22.8. The van der Waals surface area contributed by atoms with Gasteiger partial charge in [-0.1, -0.05) is 44.5 Å². The highest BCUT2D eigenvalue weighted by molar-refractivity contribution is 6.33. The van der Waals surface area contributed by atoms with Crippen molar-refractivity contribution in [3.8, 4) is 0 Å². The van der Waals surface area contributed by atoms with Gasteiger partial charge in [-0.2, -0.15) is 0 Å². The summed E-state index contributed by atoms with van der Waals surface area (Å²) in [4.78, 5) is 24.5. The van der Waals surface area contributed by atoms with E-state index in [1.54, 1.807) is 12.1 Å². The molecule has 7 heteroatoms. The molecule has 0 saturated carbocycles. The van der Waals surface area contributed by atoms with Gasteiger partial charge in [-0.25, -0.2) is 8.78 Å². The smallest absolute Gasteiger partial charge is 0.252 e. The number of amides is 2. The van der Waals surface area contributed by atoms with Gasteiger partial charge in [-0.05, 0) is 47.7 Å². The Kier molecular flexibility index (Phi) is 7.73. The van der Waals surface area contributed by atoms with Gasteiger partial charge in [0.15, 0.2) is 0 Å². The highest BCUT2D eigenvalue weighted by Crippen LogP contribution is 2.29. The number of hydrogen-bond acceptors (Lipinski definition) is 2. The zero-order chi connectivity index (χ0) is 21.6. The largest absolute Gasteiger partial charge is 0.351 e. The molecule has 0 aromatic heterocycles. The van der Waals surface area contributed by atoms with E-state index in [1.807, 2.05) is 0 Å². The molecule has 0 fully saturated rings. The van der Waals surface area contributed by atoms with Crippen LogP contribution in [0, 0.1) is 17.0 Å². The molecule has 1 unspecified atom stereocenters. The molecule has 0 aliphatic rings. The average molecular weight is 423 g/mol. The molecule has 0 spiro atoms. The third kappa shape index (κ3) is 7.46. The Bertz CT molecular complexity index is 864. The molecule has 0 heterocycles. The minimum absolute atomic E-state index is 0.00787. The Morgan fingerprint density at radius 2 is 1.66 bits per heavy atom. The summed E-state index contributed by atoms with van der Waals surface area (Å²) in [5.41, 5.74) is 0.905. The van der Waals surface area contributed by atoms with Crippen LogP contribution >= 0.6 is 11.6 Å². The number of hydrogen-bond donors (Lipinski definition) is 2. The van der Waals surface area contributed by atoms with Crippen LogP contribution in [0.15, 0.2) is 42.5 Å². The molecule has 0 radical (unpaired) electrons. The predicted octanol–water partition coefficient (Wildman–Crippen LogP) is 5.03. The highest BCUT2D eigenvalue weighted by atomic mass is 35.5. The topological polar surface area (TPSA) is 58.2 Å². The molecule has 2 N–H and O–H groups in total. The fourth-order valence-electron chi connectivity index (χ4n) is 2.88. The summed E-state index contributed by atoms with van der Waals surface area (Å²) in [5, 5.41) is 5.56. The molecule has 0 saturated heterocycles. The quantitative estimate of drug-likeness (QED) is 0.657. The van der Waals surface area contributed by atoms with Crippen molar-refractivity contribution in [2.75, 3.05) is 6.54 Å². The van der Waals surface area contributed by atoms with Crippen LogP contribution in [0.1, 0.15) is 55.6 Å². The maximum atomic E-state index is 13.2. The van der Waals surface area contributed by atoms with Gasteiger partial charge in [0.05, 0.1) is 16.6 Å². The van der Waals surface area contributed by atoms with Gasteiger partial charge < -0.3 is 10.6 Å². The fourth-order valence-corrected chi connectivity index (χ4v) is 3.14. The number of nitrogens with one attached hydrogen (secondary N) is 2. The molecule has 1 atom stereocenters. The average Bonchev–Trinajstić information content (AvgIpc) is 2.60. The van der Waals surface area contributed by atoms with Crippen LogP contribution in [0.5, 0.6) is 0 Å². The Hall–Kier alpha value is -2.47. The standard InChI is InChI=1S/C22H25ClF2N2O2/c1-22(2,3)13-19(14-4-6-15(24)7-5-14)27-20(28)10-11-26-21(29)17-9-8-16(25)12-18(17)23/h4-9,12,19H,10-11,13H2,1-3H3,(H,26,29)(H,27,28). The lowest BCUT2D eigenvalue weighted by atomic mass is 9.85. The van der Waals surface area contributed by atoms with E-state index in [1.165, 1.54) is 18.2 Å². The highest BCUT2D eigenvalue weighted by Gasteiger charge is 2.22. The van der Waals surface area contributed by atoms with Crippen molar-refractivity contribution in [2.45, 2.75) is 39.7 Å². The van der Waals surface area contributed by atoms with Crippen LogP contribution in [-0.4, -0.2) is 18.4 Å². The maximum absolute atomic E-state index is 13.2. The molecular formula is C22H25ClF2N2O2. The normalized spacial score (nSPS) is 12.3. The number of carbonyl (C=O) groups excluding carboxylic acids is 2. The maximum Gasteiger partial charge on any atom is 0.252 e. The molecule has 2 amide bonds. The molecule has 0 bridgehead atoms. The van der Waals surface area contributed by atoms with Gasteiger partial charge in [0.2, 0.25) is 5.91 Å². The van der Waals surface area contributed by atoms with Crippen LogP contribution in [0.2, 0.25) is 5.02 Å².